The Bertz CT molecular complexity index is 664. The minimum atomic E-state index is -0.136. The number of benzene rings is 1. The zero-order valence-corrected chi connectivity index (χ0v) is 13.1. The van der Waals surface area contributed by atoms with E-state index in [-0.39, 0.29) is 11.9 Å². The van der Waals surface area contributed by atoms with Crippen LogP contribution >= 0.6 is 0 Å². The fraction of sp³-hybridized carbons (Fsp3) is 0.333. The van der Waals surface area contributed by atoms with Crippen LogP contribution in [-0.2, 0) is 4.74 Å². The SMILES string of the molecule is COc1ccccc1-c1ccc(C(=O)NC2CCOCC2)nc1. The second-order valence-corrected chi connectivity index (χ2v) is 5.49. The van der Waals surface area contributed by atoms with E-state index in [9.17, 15) is 4.79 Å². The van der Waals surface area contributed by atoms with Crippen molar-refractivity contribution < 1.29 is 14.3 Å². The molecule has 3 rings (SSSR count). The second-order valence-electron chi connectivity index (χ2n) is 5.49. The number of nitrogens with zero attached hydrogens (tertiary/aromatic N) is 1. The normalized spacial score (nSPS) is 15.2. The van der Waals surface area contributed by atoms with Crippen molar-refractivity contribution in [3.8, 4) is 16.9 Å². The third-order valence-corrected chi connectivity index (χ3v) is 3.97. The molecule has 1 aliphatic heterocycles. The number of amides is 1. The Morgan fingerprint density at radius 2 is 2.00 bits per heavy atom. The van der Waals surface area contributed by atoms with Crippen LogP contribution in [0.4, 0.5) is 0 Å². The smallest absolute Gasteiger partial charge is 0.270 e. The van der Waals surface area contributed by atoms with Gasteiger partial charge in [0, 0.05) is 36.6 Å². The number of aromatic nitrogens is 1. The molecule has 5 heteroatoms. The highest BCUT2D eigenvalue weighted by Gasteiger charge is 2.17. The number of pyridine rings is 1. The van der Waals surface area contributed by atoms with Crippen molar-refractivity contribution in [3.05, 3.63) is 48.3 Å². The molecule has 0 radical (unpaired) electrons. The molecular weight excluding hydrogens is 292 g/mol. The Balaban J connectivity index is 1.72. The molecule has 1 amide bonds. The molecule has 0 aliphatic carbocycles. The van der Waals surface area contributed by atoms with Gasteiger partial charge in [-0.2, -0.15) is 0 Å². The lowest BCUT2D eigenvalue weighted by Crippen LogP contribution is -2.39. The molecule has 0 bridgehead atoms. The van der Waals surface area contributed by atoms with E-state index < -0.39 is 0 Å². The zero-order valence-electron chi connectivity index (χ0n) is 13.1. The number of methoxy groups -OCH3 is 1. The summed E-state index contributed by atoms with van der Waals surface area (Å²) in [4.78, 5) is 16.5. The van der Waals surface area contributed by atoms with Crippen molar-refractivity contribution in [2.24, 2.45) is 0 Å². The monoisotopic (exact) mass is 312 g/mol. The number of para-hydroxylation sites is 1. The molecule has 1 N–H and O–H groups in total. The van der Waals surface area contributed by atoms with E-state index in [0.29, 0.717) is 18.9 Å². The van der Waals surface area contributed by atoms with E-state index in [1.165, 1.54) is 0 Å². The van der Waals surface area contributed by atoms with Crippen molar-refractivity contribution >= 4 is 5.91 Å². The minimum Gasteiger partial charge on any atom is -0.496 e. The van der Waals surface area contributed by atoms with Crippen molar-refractivity contribution in [3.63, 3.8) is 0 Å². The predicted octanol–water partition coefficient (Wildman–Crippen LogP) is 2.67. The standard InChI is InChI=1S/C18H20N2O3/c1-22-17-5-3-2-4-15(17)13-6-7-16(19-12-13)18(21)20-14-8-10-23-11-9-14/h2-7,12,14H,8-11H2,1H3,(H,20,21). The summed E-state index contributed by atoms with van der Waals surface area (Å²) >= 11 is 0. The van der Waals surface area contributed by atoms with Gasteiger partial charge in [0.05, 0.1) is 7.11 Å². The molecule has 0 saturated carbocycles. The topological polar surface area (TPSA) is 60.5 Å². The van der Waals surface area contributed by atoms with Crippen molar-refractivity contribution in [2.45, 2.75) is 18.9 Å². The zero-order chi connectivity index (χ0) is 16.1. The van der Waals surface area contributed by atoms with E-state index in [0.717, 1.165) is 29.7 Å². The summed E-state index contributed by atoms with van der Waals surface area (Å²) in [5, 5.41) is 3.01. The summed E-state index contributed by atoms with van der Waals surface area (Å²) in [6.07, 6.45) is 3.41. The molecule has 1 fully saturated rings. The van der Waals surface area contributed by atoms with Gasteiger partial charge in [-0.25, -0.2) is 0 Å². The van der Waals surface area contributed by atoms with Gasteiger partial charge in [0.15, 0.2) is 0 Å². The van der Waals surface area contributed by atoms with Gasteiger partial charge < -0.3 is 14.8 Å². The van der Waals surface area contributed by atoms with Crippen LogP contribution in [0.5, 0.6) is 5.75 Å². The number of hydrogen-bond donors (Lipinski definition) is 1. The van der Waals surface area contributed by atoms with Crippen LogP contribution in [0.15, 0.2) is 42.6 Å². The minimum absolute atomic E-state index is 0.136. The summed E-state index contributed by atoms with van der Waals surface area (Å²) < 4.78 is 10.7. The highest BCUT2D eigenvalue weighted by molar-refractivity contribution is 5.92. The third-order valence-electron chi connectivity index (χ3n) is 3.97. The summed E-state index contributed by atoms with van der Waals surface area (Å²) in [7, 11) is 1.64. The Hall–Kier alpha value is -2.40. The van der Waals surface area contributed by atoms with Crippen LogP contribution < -0.4 is 10.1 Å². The highest BCUT2D eigenvalue weighted by Crippen LogP contribution is 2.28. The van der Waals surface area contributed by atoms with Gasteiger partial charge in [-0.1, -0.05) is 24.3 Å². The van der Waals surface area contributed by atoms with Gasteiger partial charge in [-0.05, 0) is 25.0 Å². The molecule has 5 nitrogen and oxygen atoms in total. The lowest BCUT2D eigenvalue weighted by molar-refractivity contribution is 0.0694. The molecule has 2 heterocycles. The molecule has 120 valence electrons. The van der Waals surface area contributed by atoms with Gasteiger partial charge in [0.25, 0.3) is 5.91 Å². The van der Waals surface area contributed by atoms with Gasteiger partial charge in [-0.15, -0.1) is 0 Å². The molecule has 1 aliphatic rings. The fourth-order valence-corrected chi connectivity index (χ4v) is 2.67. The number of hydrogen-bond acceptors (Lipinski definition) is 4. The van der Waals surface area contributed by atoms with Crippen molar-refractivity contribution in [1.29, 1.82) is 0 Å². The molecular formula is C18H20N2O3. The van der Waals surface area contributed by atoms with Gasteiger partial charge in [0.2, 0.25) is 0 Å². The number of ether oxygens (including phenoxy) is 2. The van der Waals surface area contributed by atoms with E-state index in [1.807, 2.05) is 30.3 Å². The van der Waals surface area contributed by atoms with Crippen molar-refractivity contribution in [1.82, 2.24) is 10.3 Å². The van der Waals surface area contributed by atoms with E-state index in [2.05, 4.69) is 10.3 Å². The second kappa shape index (κ2) is 7.24. The first kappa shape index (κ1) is 15.5. The Morgan fingerprint density at radius 3 is 2.70 bits per heavy atom. The molecule has 1 saturated heterocycles. The fourth-order valence-electron chi connectivity index (χ4n) is 2.67. The average molecular weight is 312 g/mol. The van der Waals surface area contributed by atoms with Crippen molar-refractivity contribution in [2.75, 3.05) is 20.3 Å². The summed E-state index contributed by atoms with van der Waals surface area (Å²) in [6, 6.07) is 11.6. The van der Waals surface area contributed by atoms with Crippen LogP contribution in [-0.4, -0.2) is 37.3 Å². The van der Waals surface area contributed by atoms with Crippen LogP contribution in [0.25, 0.3) is 11.1 Å². The van der Waals surface area contributed by atoms with Gasteiger partial charge in [0.1, 0.15) is 11.4 Å². The predicted molar refractivity (Wildman–Crippen MR) is 87.5 cm³/mol. The number of carbonyl (C=O) groups excluding carboxylic acids is 1. The third kappa shape index (κ3) is 3.68. The molecule has 1 aromatic carbocycles. The number of nitrogens with one attached hydrogen (secondary N) is 1. The van der Waals surface area contributed by atoms with E-state index >= 15 is 0 Å². The van der Waals surface area contributed by atoms with Crippen LogP contribution in [0.2, 0.25) is 0 Å². The molecule has 0 spiro atoms. The largest absolute Gasteiger partial charge is 0.496 e. The average Bonchev–Trinajstić information content (AvgIpc) is 2.62. The van der Waals surface area contributed by atoms with Crippen LogP contribution in [0.3, 0.4) is 0 Å². The maximum atomic E-state index is 12.2. The molecule has 23 heavy (non-hydrogen) atoms. The summed E-state index contributed by atoms with van der Waals surface area (Å²) in [5.74, 6) is 0.650. The quantitative estimate of drug-likeness (QED) is 0.943. The maximum absolute atomic E-state index is 12.2. The Kier molecular flexibility index (Phi) is 4.88. The van der Waals surface area contributed by atoms with Crippen LogP contribution in [0, 0.1) is 0 Å². The molecule has 0 atom stereocenters. The van der Waals surface area contributed by atoms with Gasteiger partial charge in [-0.3, -0.25) is 9.78 Å². The number of carbonyl (C=O) groups is 1. The number of rotatable bonds is 4. The van der Waals surface area contributed by atoms with E-state index in [1.54, 1.807) is 19.4 Å². The van der Waals surface area contributed by atoms with Gasteiger partial charge >= 0.3 is 0 Å². The lowest BCUT2D eigenvalue weighted by atomic mass is 10.1. The Morgan fingerprint density at radius 1 is 1.22 bits per heavy atom. The lowest BCUT2D eigenvalue weighted by Gasteiger charge is -2.22. The first-order valence-corrected chi connectivity index (χ1v) is 7.76. The Labute approximate surface area is 135 Å². The summed E-state index contributed by atoms with van der Waals surface area (Å²) in [5.41, 5.74) is 2.30. The molecule has 0 unspecified atom stereocenters. The van der Waals surface area contributed by atoms with E-state index in [4.69, 9.17) is 9.47 Å². The molecule has 2 aromatic rings. The van der Waals surface area contributed by atoms with Crippen LogP contribution in [0.1, 0.15) is 23.3 Å². The maximum Gasteiger partial charge on any atom is 0.270 e. The first-order valence-electron chi connectivity index (χ1n) is 7.76. The summed E-state index contributed by atoms with van der Waals surface area (Å²) in [6.45, 7) is 1.40. The molecule has 1 aromatic heterocycles. The highest BCUT2D eigenvalue weighted by atomic mass is 16.5. The first-order chi connectivity index (χ1) is 11.3.